The van der Waals surface area contributed by atoms with E-state index in [1.165, 1.54) is 18.4 Å². The fraction of sp³-hybridized carbons (Fsp3) is 0.667. The normalized spacial score (nSPS) is 10.2. The summed E-state index contributed by atoms with van der Waals surface area (Å²) in [5.74, 6) is 1.77. The van der Waals surface area contributed by atoms with E-state index in [1.807, 2.05) is 26.1 Å². The van der Waals surface area contributed by atoms with E-state index in [4.69, 9.17) is 0 Å². The molecule has 0 amide bonds. The molecule has 0 radical (unpaired) electrons. The van der Waals surface area contributed by atoms with Gasteiger partial charge >= 0.3 is 0 Å². The van der Waals surface area contributed by atoms with E-state index in [-0.39, 0.29) is 0 Å². The zero-order valence-electron chi connectivity index (χ0n) is 11.7. The molecule has 0 saturated carbocycles. The molecule has 92 valence electrons. The Morgan fingerprint density at radius 2 is 1.44 bits per heavy atom. The lowest BCUT2D eigenvalue weighted by molar-refractivity contribution is 0.476. The van der Waals surface area contributed by atoms with Crippen LogP contribution >= 0.6 is 0 Å². The molecule has 1 heteroatoms. The number of rotatable bonds is 3. The largest absolute Gasteiger partial charge is 0.261 e. The van der Waals surface area contributed by atoms with Crippen LogP contribution in [0.25, 0.3) is 0 Å². The van der Waals surface area contributed by atoms with E-state index < -0.39 is 0 Å². The Morgan fingerprint density at radius 3 is 1.69 bits per heavy atom. The summed E-state index contributed by atoms with van der Waals surface area (Å²) in [5.41, 5.74) is 2.30. The lowest BCUT2D eigenvalue weighted by Crippen LogP contribution is -1.91. The van der Waals surface area contributed by atoms with Crippen molar-refractivity contribution in [3.63, 3.8) is 0 Å². The highest BCUT2D eigenvalue weighted by Gasteiger charge is 1.95. The SMILES string of the molecule is CC(C)CCC(C)C.Cc1ccc(C)nc1. The van der Waals surface area contributed by atoms with Crippen LogP contribution in [0.2, 0.25) is 0 Å². The van der Waals surface area contributed by atoms with Crippen molar-refractivity contribution >= 4 is 0 Å². The molecule has 1 nitrogen and oxygen atoms in total. The molecule has 0 aliphatic carbocycles. The molecular weight excluding hydrogens is 194 g/mol. The van der Waals surface area contributed by atoms with Crippen molar-refractivity contribution in [3.8, 4) is 0 Å². The zero-order valence-corrected chi connectivity index (χ0v) is 11.7. The number of pyridine rings is 1. The fourth-order valence-corrected chi connectivity index (χ4v) is 1.21. The van der Waals surface area contributed by atoms with Crippen molar-refractivity contribution in [3.05, 3.63) is 29.6 Å². The van der Waals surface area contributed by atoms with E-state index in [0.717, 1.165) is 17.5 Å². The highest BCUT2D eigenvalue weighted by molar-refractivity contribution is 5.10. The molecule has 0 aromatic carbocycles. The monoisotopic (exact) mass is 221 g/mol. The van der Waals surface area contributed by atoms with Gasteiger partial charge in [0.1, 0.15) is 0 Å². The van der Waals surface area contributed by atoms with Crippen LogP contribution in [0, 0.1) is 25.7 Å². The summed E-state index contributed by atoms with van der Waals surface area (Å²) in [7, 11) is 0. The Kier molecular flexibility index (Phi) is 7.88. The molecule has 1 heterocycles. The standard InChI is InChI=1S/C8H18.C7H9N/c1-7(2)5-6-8(3)4;1-6-3-4-7(2)8-5-6/h7-8H,5-6H2,1-4H3;3-5H,1-2H3. The van der Waals surface area contributed by atoms with Crippen LogP contribution in [0.4, 0.5) is 0 Å². The van der Waals surface area contributed by atoms with Crippen LogP contribution in [0.1, 0.15) is 51.8 Å². The highest BCUT2D eigenvalue weighted by Crippen LogP contribution is 2.09. The first-order valence-electron chi connectivity index (χ1n) is 6.31. The molecule has 0 saturated heterocycles. The van der Waals surface area contributed by atoms with Crippen molar-refractivity contribution in [1.82, 2.24) is 4.98 Å². The van der Waals surface area contributed by atoms with E-state index in [0.29, 0.717) is 0 Å². The van der Waals surface area contributed by atoms with Crippen molar-refractivity contribution in [2.24, 2.45) is 11.8 Å². The predicted octanol–water partition coefficient (Wildman–Crippen LogP) is 4.78. The van der Waals surface area contributed by atoms with Gasteiger partial charge in [0.05, 0.1) is 0 Å². The number of hydrogen-bond donors (Lipinski definition) is 0. The summed E-state index contributed by atoms with van der Waals surface area (Å²) < 4.78 is 0. The summed E-state index contributed by atoms with van der Waals surface area (Å²) >= 11 is 0. The van der Waals surface area contributed by atoms with Crippen LogP contribution in [0.15, 0.2) is 18.3 Å². The second kappa shape index (κ2) is 8.32. The number of nitrogens with zero attached hydrogens (tertiary/aromatic N) is 1. The minimum absolute atomic E-state index is 0.886. The molecule has 1 aromatic rings. The zero-order chi connectivity index (χ0) is 12.6. The van der Waals surface area contributed by atoms with E-state index in [9.17, 15) is 0 Å². The molecule has 0 N–H and O–H groups in total. The van der Waals surface area contributed by atoms with Gasteiger partial charge in [-0.1, -0.05) is 46.6 Å². The van der Waals surface area contributed by atoms with Gasteiger partial charge in [-0.25, -0.2) is 0 Å². The molecule has 1 rings (SSSR count). The van der Waals surface area contributed by atoms with Gasteiger partial charge in [0.15, 0.2) is 0 Å². The minimum atomic E-state index is 0.886. The van der Waals surface area contributed by atoms with Crippen LogP contribution < -0.4 is 0 Å². The molecule has 0 unspecified atom stereocenters. The summed E-state index contributed by atoms with van der Waals surface area (Å²) in [4.78, 5) is 4.08. The maximum absolute atomic E-state index is 4.08. The average molecular weight is 221 g/mol. The number of aromatic nitrogens is 1. The highest BCUT2D eigenvalue weighted by atomic mass is 14.6. The van der Waals surface area contributed by atoms with Crippen LogP contribution in [-0.2, 0) is 0 Å². The Bertz CT molecular complexity index is 230. The third-order valence-corrected chi connectivity index (χ3v) is 2.38. The summed E-state index contributed by atoms with van der Waals surface area (Å²) in [6, 6.07) is 4.07. The van der Waals surface area contributed by atoms with E-state index in [2.05, 4.69) is 38.7 Å². The van der Waals surface area contributed by atoms with Gasteiger partial charge < -0.3 is 0 Å². The van der Waals surface area contributed by atoms with Crippen molar-refractivity contribution < 1.29 is 0 Å². The molecule has 16 heavy (non-hydrogen) atoms. The minimum Gasteiger partial charge on any atom is -0.261 e. The van der Waals surface area contributed by atoms with Gasteiger partial charge in [-0.15, -0.1) is 0 Å². The predicted molar refractivity (Wildman–Crippen MR) is 72.6 cm³/mol. The Morgan fingerprint density at radius 1 is 0.938 bits per heavy atom. The topological polar surface area (TPSA) is 12.9 Å². The van der Waals surface area contributed by atoms with Gasteiger partial charge in [-0.2, -0.15) is 0 Å². The third-order valence-electron chi connectivity index (χ3n) is 2.38. The van der Waals surface area contributed by atoms with Crippen molar-refractivity contribution in [1.29, 1.82) is 0 Å². The molecule has 0 aliphatic rings. The fourth-order valence-electron chi connectivity index (χ4n) is 1.21. The molecule has 0 fully saturated rings. The molecular formula is C15H27N. The van der Waals surface area contributed by atoms with Crippen LogP contribution in [-0.4, -0.2) is 4.98 Å². The maximum atomic E-state index is 4.08. The van der Waals surface area contributed by atoms with Crippen molar-refractivity contribution in [2.75, 3.05) is 0 Å². The maximum Gasteiger partial charge on any atom is 0.0372 e. The Labute approximate surface area is 101 Å². The van der Waals surface area contributed by atoms with Gasteiger partial charge in [0.25, 0.3) is 0 Å². The second-order valence-corrected chi connectivity index (χ2v) is 5.34. The first kappa shape index (κ1) is 15.2. The van der Waals surface area contributed by atoms with Gasteiger partial charge in [0.2, 0.25) is 0 Å². The van der Waals surface area contributed by atoms with Crippen molar-refractivity contribution in [2.45, 2.75) is 54.4 Å². The van der Waals surface area contributed by atoms with Crippen LogP contribution in [0.5, 0.6) is 0 Å². The quantitative estimate of drug-likeness (QED) is 0.716. The lowest BCUT2D eigenvalue weighted by atomic mass is 10.0. The number of aryl methyl sites for hydroxylation is 2. The average Bonchev–Trinajstić information content (AvgIpc) is 2.20. The molecule has 0 atom stereocenters. The number of hydrogen-bond acceptors (Lipinski definition) is 1. The van der Waals surface area contributed by atoms with E-state index >= 15 is 0 Å². The van der Waals surface area contributed by atoms with Gasteiger partial charge in [0, 0.05) is 11.9 Å². The third kappa shape index (κ3) is 9.70. The van der Waals surface area contributed by atoms with Crippen LogP contribution in [0.3, 0.4) is 0 Å². The molecule has 1 aromatic heterocycles. The van der Waals surface area contributed by atoms with Gasteiger partial charge in [-0.05, 0) is 37.3 Å². The van der Waals surface area contributed by atoms with Gasteiger partial charge in [-0.3, -0.25) is 4.98 Å². The summed E-state index contributed by atoms with van der Waals surface area (Å²) in [6.45, 7) is 13.1. The Balaban J connectivity index is 0.000000281. The molecule has 0 aliphatic heterocycles. The molecule has 0 bridgehead atoms. The lowest BCUT2D eigenvalue weighted by Gasteiger charge is -2.05. The second-order valence-electron chi connectivity index (χ2n) is 5.34. The van der Waals surface area contributed by atoms with E-state index in [1.54, 1.807) is 0 Å². The summed E-state index contributed by atoms with van der Waals surface area (Å²) in [6.07, 6.45) is 4.64. The first-order valence-corrected chi connectivity index (χ1v) is 6.31. The smallest absolute Gasteiger partial charge is 0.0372 e. The molecule has 0 spiro atoms. The summed E-state index contributed by atoms with van der Waals surface area (Å²) in [5, 5.41) is 0. The Hall–Kier alpha value is -0.850. The first-order chi connectivity index (χ1) is 7.41.